The Bertz CT molecular complexity index is 2770. The van der Waals surface area contributed by atoms with E-state index in [-0.39, 0.29) is 5.41 Å². The summed E-state index contributed by atoms with van der Waals surface area (Å²) in [4.78, 5) is 5.06. The Balaban J connectivity index is 1.10. The summed E-state index contributed by atoms with van der Waals surface area (Å²) < 4.78 is 2.28. The van der Waals surface area contributed by atoms with Gasteiger partial charge in [0.1, 0.15) is 5.82 Å². The van der Waals surface area contributed by atoms with Crippen LogP contribution in [0.4, 0.5) is 0 Å². The van der Waals surface area contributed by atoms with Gasteiger partial charge < -0.3 is 0 Å². The van der Waals surface area contributed by atoms with E-state index in [4.69, 9.17) is 4.98 Å². The largest absolute Gasteiger partial charge is 0.292 e. The van der Waals surface area contributed by atoms with Gasteiger partial charge in [0.05, 0.1) is 11.0 Å². The van der Waals surface area contributed by atoms with Crippen LogP contribution in [-0.2, 0) is 5.41 Å². The Hall–Kier alpha value is -6.25. The Morgan fingerprint density at radius 2 is 1.12 bits per heavy atom. The molecule has 2 heteroatoms. The SMILES string of the molecule is CC1(C)c2cc(-c3ccc4ccccc4c3)ccc2-c2c1cc(-c1ccc(-n3c(-c4ccccc4)nc4ccccc43)cc1)c1ccccc21. The van der Waals surface area contributed by atoms with Crippen LogP contribution in [0.3, 0.4) is 0 Å². The van der Waals surface area contributed by atoms with Gasteiger partial charge in [-0.15, -0.1) is 0 Å². The fourth-order valence-electron chi connectivity index (χ4n) is 8.23. The topological polar surface area (TPSA) is 17.8 Å². The van der Waals surface area contributed by atoms with Gasteiger partial charge >= 0.3 is 0 Å². The molecule has 236 valence electrons. The summed E-state index contributed by atoms with van der Waals surface area (Å²) in [6.07, 6.45) is 0. The average Bonchev–Trinajstić information content (AvgIpc) is 3.67. The number of benzene rings is 8. The first-order valence-electron chi connectivity index (χ1n) is 17.4. The molecule has 50 heavy (non-hydrogen) atoms. The molecule has 1 aliphatic rings. The van der Waals surface area contributed by atoms with Crippen molar-refractivity contribution < 1.29 is 0 Å². The van der Waals surface area contributed by atoms with Crippen molar-refractivity contribution in [3.8, 4) is 50.5 Å². The van der Waals surface area contributed by atoms with E-state index in [1.54, 1.807) is 0 Å². The van der Waals surface area contributed by atoms with Crippen LogP contribution in [-0.4, -0.2) is 9.55 Å². The summed E-state index contributed by atoms with van der Waals surface area (Å²) in [6, 6.07) is 61.8. The lowest BCUT2D eigenvalue weighted by Crippen LogP contribution is -2.15. The Kier molecular flexibility index (Phi) is 6.25. The molecular formula is C48H34N2. The minimum atomic E-state index is -0.156. The van der Waals surface area contributed by atoms with E-state index in [0.717, 1.165) is 28.1 Å². The second kappa shape index (κ2) is 10.9. The smallest absolute Gasteiger partial charge is 0.145 e. The molecule has 2 nitrogen and oxygen atoms in total. The minimum Gasteiger partial charge on any atom is -0.292 e. The average molecular weight is 639 g/mol. The third-order valence-corrected chi connectivity index (χ3v) is 10.8. The van der Waals surface area contributed by atoms with Gasteiger partial charge in [-0.2, -0.15) is 0 Å². The quantitative estimate of drug-likeness (QED) is 0.188. The molecule has 1 aliphatic carbocycles. The molecule has 0 aliphatic heterocycles. The first-order valence-corrected chi connectivity index (χ1v) is 17.4. The highest BCUT2D eigenvalue weighted by atomic mass is 15.1. The van der Waals surface area contributed by atoms with Gasteiger partial charge in [-0.25, -0.2) is 4.98 Å². The van der Waals surface area contributed by atoms with E-state index in [1.165, 1.54) is 66.1 Å². The van der Waals surface area contributed by atoms with Crippen LogP contribution in [0, 0.1) is 0 Å². The summed E-state index contributed by atoms with van der Waals surface area (Å²) in [7, 11) is 0. The lowest BCUT2D eigenvalue weighted by Gasteiger charge is -2.23. The van der Waals surface area contributed by atoms with E-state index in [0.29, 0.717) is 0 Å². The fraction of sp³-hybridized carbons (Fsp3) is 0.0625. The molecule has 0 unspecified atom stereocenters. The predicted octanol–water partition coefficient (Wildman–Crippen LogP) is 12.6. The number of hydrogen-bond donors (Lipinski definition) is 0. The van der Waals surface area contributed by atoms with Crippen LogP contribution < -0.4 is 0 Å². The number of hydrogen-bond acceptors (Lipinski definition) is 1. The molecule has 1 heterocycles. The first kappa shape index (κ1) is 28.7. The number of aromatic nitrogens is 2. The Morgan fingerprint density at radius 3 is 1.96 bits per heavy atom. The van der Waals surface area contributed by atoms with Gasteiger partial charge in [0.2, 0.25) is 0 Å². The van der Waals surface area contributed by atoms with E-state index >= 15 is 0 Å². The summed E-state index contributed by atoms with van der Waals surface area (Å²) in [5, 5.41) is 5.13. The molecule has 9 aromatic rings. The van der Waals surface area contributed by atoms with Gasteiger partial charge in [0.15, 0.2) is 0 Å². The summed E-state index contributed by atoms with van der Waals surface area (Å²) >= 11 is 0. The third-order valence-electron chi connectivity index (χ3n) is 10.8. The second-order valence-corrected chi connectivity index (χ2v) is 14.0. The molecule has 0 radical (unpaired) electrons. The van der Waals surface area contributed by atoms with Crippen LogP contribution in [0.25, 0.3) is 83.0 Å². The van der Waals surface area contributed by atoms with Crippen LogP contribution >= 0.6 is 0 Å². The van der Waals surface area contributed by atoms with Gasteiger partial charge in [-0.3, -0.25) is 4.57 Å². The van der Waals surface area contributed by atoms with Crippen molar-refractivity contribution in [2.24, 2.45) is 0 Å². The minimum absolute atomic E-state index is 0.156. The van der Waals surface area contributed by atoms with Crippen molar-refractivity contribution >= 4 is 32.6 Å². The van der Waals surface area contributed by atoms with E-state index in [2.05, 4.69) is 188 Å². The maximum atomic E-state index is 5.06. The highest BCUT2D eigenvalue weighted by Crippen LogP contribution is 2.54. The number of para-hydroxylation sites is 2. The lowest BCUT2D eigenvalue weighted by molar-refractivity contribution is 0.661. The summed E-state index contributed by atoms with van der Waals surface area (Å²) in [6.45, 7) is 4.78. The molecule has 8 aromatic carbocycles. The van der Waals surface area contributed by atoms with Crippen molar-refractivity contribution in [1.82, 2.24) is 9.55 Å². The van der Waals surface area contributed by atoms with Crippen LogP contribution in [0.2, 0.25) is 0 Å². The van der Waals surface area contributed by atoms with E-state index in [9.17, 15) is 0 Å². The zero-order chi connectivity index (χ0) is 33.4. The molecule has 0 N–H and O–H groups in total. The zero-order valence-electron chi connectivity index (χ0n) is 28.1. The number of fused-ring (bicyclic) bond motifs is 7. The van der Waals surface area contributed by atoms with Gasteiger partial charge in [-0.1, -0.05) is 141 Å². The van der Waals surface area contributed by atoms with Gasteiger partial charge in [0, 0.05) is 16.7 Å². The molecule has 0 saturated heterocycles. The first-order chi connectivity index (χ1) is 24.5. The fourth-order valence-corrected chi connectivity index (χ4v) is 8.23. The van der Waals surface area contributed by atoms with E-state index < -0.39 is 0 Å². The molecule has 0 atom stereocenters. The van der Waals surface area contributed by atoms with Crippen molar-refractivity contribution in [3.05, 3.63) is 181 Å². The molecule has 10 rings (SSSR count). The number of nitrogens with zero attached hydrogens (tertiary/aromatic N) is 2. The van der Waals surface area contributed by atoms with Crippen molar-refractivity contribution in [2.75, 3.05) is 0 Å². The monoisotopic (exact) mass is 638 g/mol. The number of imidazole rings is 1. The standard InChI is InChI=1S/C48H34N2/c1-48(2)42-29-36(35-21-20-31-12-6-7-15-34(31)28-35)24-27-40(42)46-39-17-9-8-16-38(39)41(30-43(46)48)32-22-25-37(26-23-32)50-45-19-11-10-18-44(45)49-47(50)33-13-4-3-5-14-33/h3-30H,1-2H3. The molecular weight excluding hydrogens is 605 g/mol. The maximum Gasteiger partial charge on any atom is 0.145 e. The summed E-state index contributed by atoms with van der Waals surface area (Å²) in [5.74, 6) is 0.949. The Labute approximate surface area is 291 Å². The van der Waals surface area contributed by atoms with E-state index in [1.807, 2.05) is 0 Å². The van der Waals surface area contributed by atoms with Crippen LogP contribution in [0.5, 0.6) is 0 Å². The molecule has 1 aromatic heterocycles. The van der Waals surface area contributed by atoms with Crippen molar-refractivity contribution in [2.45, 2.75) is 19.3 Å². The van der Waals surface area contributed by atoms with Crippen molar-refractivity contribution in [1.29, 1.82) is 0 Å². The zero-order valence-corrected chi connectivity index (χ0v) is 28.1. The number of rotatable bonds is 4. The summed E-state index contributed by atoms with van der Waals surface area (Å²) in [5.41, 5.74) is 14.6. The molecule has 0 fully saturated rings. The third kappa shape index (κ3) is 4.32. The predicted molar refractivity (Wildman–Crippen MR) is 210 cm³/mol. The van der Waals surface area contributed by atoms with Gasteiger partial charge in [0.25, 0.3) is 0 Å². The molecule has 0 saturated carbocycles. The normalized spacial score (nSPS) is 13.2. The van der Waals surface area contributed by atoms with Crippen molar-refractivity contribution in [3.63, 3.8) is 0 Å². The second-order valence-electron chi connectivity index (χ2n) is 14.0. The lowest BCUT2D eigenvalue weighted by atomic mass is 9.80. The molecule has 0 amide bonds. The van der Waals surface area contributed by atoms with Crippen LogP contribution in [0.1, 0.15) is 25.0 Å². The molecule has 0 bridgehead atoms. The van der Waals surface area contributed by atoms with Crippen LogP contribution in [0.15, 0.2) is 170 Å². The maximum absolute atomic E-state index is 5.06. The molecule has 0 spiro atoms. The highest BCUT2D eigenvalue weighted by Gasteiger charge is 2.37. The highest BCUT2D eigenvalue weighted by molar-refractivity contribution is 6.09. The van der Waals surface area contributed by atoms with Gasteiger partial charge in [-0.05, 0) is 109 Å². The Morgan fingerprint density at radius 1 is 0.460 bits per heavy atom.